The van der Waals surface area contributed by atoms with Gasteiger partial charge in [-0.3, -0.25) is 0 Å². The van der Waals surface area contributed by atoms with Crippen LogP contribution in [-0.4, -0.2) is 23.0 Å². The van der Waals surface area contributed by atoms with Gasteiger partial charge in [0.1, 0.15) is 8.07 Å². The number of rotatable bonds is 5. The Morgan fingerprint density at radius 2 is 0.887 bits per heavy atom. The predicted octanol–water partition coefficient (Wildman–Crippen LogP) is 11.3. The quantitative estimate of drug-likeness (QED) is 0.168. The van der Waals surface area contributed by atoms with Gasteiger partial charge in [-0.1, -0.05) is 189 Å². The van der Waals surface area contributed by atoms with Crippen LogP contribution in [0.5, 0.6) is 0 Å². The third kappa shape index (κ3) is 5.22. The first kappa shape index (κ1) is 31.3. The zero-order chi connectivity index (χ0) is 35.5. The van der Waals surface area contributed by atoms with Gasteiger partial charge in [-0.2, -0.15) is 0 Å². The first-order valence-electron chi connectivity index (χ1n) is 18.2. The lowest BCUT2D eigenvalue weighted by atomic mass is 9.97. The second kappa shape index (κ2) is 12.3. The Morgan fingerprint density at radius 1 is 0.340 bits per heavy atom. The molecule has 1 aliphatic rings. The van der Waals surface area contributed by atoms with E-state index in [1.165, 1.54) is 48.6 Å². The van der Waals surface area contributed by atoms with E-state index in [1.807, 2.05) is 6.07 Å². The summed E-state index contributed by atoms with van der Waals surface area (Å²) in [7, 11) is -2.00. The zero-order valence-electron chi connectivity index (χ0n) is 29.6. The Hall–Kier alpha value is -6.49. The third-order valence-electron chi connectivity index (χ3n) is 11.0. The zero-order valence-corrected chi connectivity index (χ0v) is 30.6. The third-order valence-corrected chi connectivity index (χ3v) is 14.5. The van der Waals surface area contributed by atoms with Crippen LogP contribution < -0.4 is 10.4 Å². The van der Waals surface area contributed by atoms with Crippen molar-refractivity contribution in [2.75, 3.05) is 0 Å². The van der Waals surface area contributed by atoms with E-state index in [0.717, 1.165) is 33.4 Å². The van der Waals surface area contributed by atoms with Crippen LogP contribution >= 0.6 is 0 Å². The monoisotopic (exact) mass is 693 g/mol. The van der Waals surface area contributed by atoms with Gasteiger partial charge in [-0.05, 0) is 65.3 Å². The molecule has 2 heterocycles. The van der Waals surface area contributed by atoms with Gasteiger partial charge in [0, 0.05) is 16.7 Å². The van der Waals surface area contributed by atoms with Crippen LogP contribution in [0.15, 0.2) is 176 Å². The minimum absolute atomic E-state index is 0.656. The summed E-state index contributed by atoms with van der Waals surface area (Å²) in [5.41, 5.74) is 10.3. The number of hydrogen-bond acceptors (Lipinski definition) is 3. The lowest BCUT2D eigenvalue weighted by Crippen LogP contribution is -2.49. The molecule has 0 aliphatic carbocycles. The molecule has 0 amide bonds. The van der Waals surface area contributed by atoms with E-state index < -0.39 is 8.07 Å². The lowest BCUT2D eigenvalue weighted by Gasteiger charge is -2.19. The van der Waals surface area contributed by atoms with Gasteiger partial charge in [0.2, 0.25) is 0 Å². The van der Waals surface area contributed by atoms with E-state index in [0.29, 0.717) is 17.5 Å². The molecule has 0 N–H and O–H groups in total. The minimum atomic E-state index is -2.00. The fourth-order valence-corrected chi connectivity index (χ4v) is 11.3. The Labute approximate surface area is 310 Å². The Balaban J connectivity index is 1.14. The molecule has 8 aromatic carbocycles. The first-order valence-corrected chi connectivity index (χ1v) is 21.2. The van der Waals surface area contributed by atoms with E-state index in [2.05, 4.69) is 183 Å². The van der Waals surface area contributed by atoms with E-state index in [4.69, 9.17) is 15.0 Å². The van der Waals surface area contributed by atoms with E-state index in [-0.39, 0.29) is 0 Å². The van der Waals surface area contributed by atoms with Crippen LogP contribution in [0.25, 0.3) is 89.1 Å². The van der Waals surface area contributed by atoms with E-state index in [1.54, 1.807) is 0 Å². The van der Waals surface area contributed by atoms with Gasteiger partial charge < -0.3 is 0 Å². The molecule has 0 fully saturated rings. The molecule has 10 rings (SSSR count). The predicted molar refractivity (Wildman–Crippen MR) is 224 cm³/mol. The normalized spacial score (nSPS) is 12.9. The average Bonchev–Trinajstić information content (AvgIpc) is 3.46. The SMILES string of the molecule is C[Si]1(C)c2cc(-c3nc(-c4ccc(-c5cccc6ccccc56)cc4)nc(-c4ccccc4-c4ccccc4)n3)ccc2-c2c1ccc1ccccc21. The molecule has 0 saturated heterocycles. The van der Waals surface area contributed by atoms with E-state index >= 15 is 0 Å². The molecule has 0 bridgehead atoms. The smallest absolute Gasteiger partial charge is 0.164 e. The van der Waals surface area contributed by atoms with Gasteiger partial charge in [0.15, 0.2) is 17.5 Å². The topological polar surface area (TPSA) is 38.7 Å². The Kier molecular flexibility index (Phi) is 7.27. The summed E-state index contributed by atoms with van der Waals surface area (Å²) in [6, 6.07) is 62.9. The van der Waals surface area contributed by atoms with Crippen LogP contribution in [0.2, 0.25) is 13.1 Å². The highest BCUT2D eigenvalue weighted by molar-refractivity contribution is 7.04. The Bertz CT molecular complexity index is 2850. The van der Waals surface area contributed by atoms with Crippen molar-refractivity contribution >= 4 is 40.0 Å². The van der Waals surface area contributed by atoms with Crippen LogP contribution in [-0.2, 0) is 0 Å². The number of nitrogens with zero attached hydrogens (tertiary/aromatic N) is 3. The number of fused-ring (bicyclic) bond motifs is 6. The highest BCUT2D eigenvalue weighted by Gasteiger charge is 2.38. The van der Waals surface area contributed by atoms with Gasteiger partial charge >= 0.3 is 0 Å². The van der Waals surface area contributed by atoms with Crippen molar-refractivity contribution in [3.63, 3.8) is 0 Å². The van der Waals surface area contributed by atoms with Crippen LogP contribution in [0.3, 0.4) is 0 Å². The molecule has 0 spiro atoms. The molecule has 9 aromatic rings. The van der Waals surface area contributed by atoms with Crippen LogP contribution in [0, 0.1) is 0 Å². The van der Waals surface area contributed by atoms with Crippen LogP contribution in [0.4, 0.5) is 0 Å². The second-order valence-electron chi connectivity index (χ2n) is 14.4. The molecule has 0 unspecified atom stereocenters. The average molecular weight is 694 g/mol. The number of benzene rings is 8. The van der Waals surface area contributed by atoms with Crippen molar-refractivity contribution in [1.82, 2.24) is 15.0 Å². The summed E-state index contributed by atoms with van der Waals surface area (Å²) in [4.78, 5) is 15.7. The van der Waals surface area contributed by atoms with Gasteiger partial charge in [-0.15, -0.1) is 0 Å². The number of aromatic nitrogens is 3. The largest absolute Gasteiger partial charge is 0.208 e. The first-order chi connectivity index (χ1) is 26.0. The highest BCUT2D eigenvalue weighted by Crippen LogP contribution is 2.37. The fraction of sp³-hybridized carbons (Fsp3) is 0.0408. The molecule has 1 aliphatic heterocycles. The highest BCUT2D eigenvalue weighted by atomic mass is 28.3. The summed E-state index contributed by atoms with van der Waals surface area (Å²) < 4.78 is 0. The second-order valence-corrected chi connectivity index (χ2v) is 18.7. The molecule has 250 valence electrons. The molecule has 53 heavy (non-hydrogen) atoms. The molecular formula is C49H35N3Si. The summed E-state index contributed by atoms with van der Waals surface area (Å²) >= 11 is 0. The van der Waals surface area contributed by atoms with Crippen molar-refractivity contribution in [3.8, 4) is 67.5 Å². The van der Waals surface area contributed by atoms with Crippen molar-refractivity contribution in [1.29, 1.82) is 0 Å². The molecule has 0 atom stereocenters. The lowest BCUT2D eigenvalue weighted by molar-refractivity contribution is 1.07. The maximum atomic E-state index is 5.25. The molecular weight excluding hydrogens is 659 g/mol. The molecule has 1 aromatic heterocycles. The molecule has 0 saturated carbocycles. The maximum Gasteiger partial charge on any atom is 0.164 e. The molecule has 4 heteroatoms. The van der Waals surface area contributed by atoms with Crippen molar-refractivity contribution < 1.29 is 0 Å². The van der Waals surface area contributed by atoms with Crippen molar-refractivity contribution in [3.05, 3.63) is 176 Å². The Morgan fingerprint density at radius 3 is 1.68 bits per heavy atom. The fourth-order valence-electron chi connectivity index (χ4n) is 8.22. The maximum absolute atomic E-state index is 5.25. The van der Waals surface area contributed by atoms with Crippen LogP contribution in [0.1, 0.15) is 0 Å². The minimum Gasteiger partial charge on any atom is -0.208 e. The summed E-state index contributed by atoms with van der Waals surface area (Å²) in [6.07, 6.45) is 0. The summed E-state index contributed by atoms with van der Waals surface area (Å²) in [5, 5.41) is 7.99. The van der Waals surface area contributed by atoms with Gasteiger partial charge in [0.05, 0.1) is 0 Å². The van der Waals surface area contributed by atoms with Gasteiger partial charge in [-0.25, -0.2) is 15.0 Å². The molecule has 3 nitrogen and oxygen atoms in total. The van der Waals surface area contributed by atoms with E-state index in [9.17, 15) is 0 Å². The summed E-state index contributed by atoms with van der Waals surface area (Å²) in [6.45, 7) is 4.93. The molecule has 0 radical (unpaired) electrons. The van der Waals surface area contributed by atoms with Crippen molar-refractivity contribution in [2.24, 2.45) is 0 Å². The van der Waals surface area contributed by atoms with Gasteiger partial charge in [0.25, 0.3) is 0 Å². The van der Waals surface area contributed by atoms with Crippen molar-refractivity contribution in [2.45, 2.75) is 13.1 Å². The number of hydrogen-bond donors (Lipinski definition) is 0. The summed E-state index contributed by atoms with van der Waals surface area (Å²) in [5.74, 6) is 2.00. The standard InChI is InChI=1S/C49H35N3Si/c1-53(2)44-30-28-34-16-7-9-20-41(34)46(44)43-29-27-37(31-45(43)53)48-50-47(51-49(52-48)42-21-11-10-19-40(42)32-13-4-3-5-14-32)36-25-23-35(24-26-36)39-22-12-17-33-15-6-8-18-38(33)39/h3-31H,1-2H3.